The molecule has 1 amide bonds. The lowest BCUT2D eigenvalue weighted by Gasteiger charge is -2.11. The first kappa shape index (κ1) is 14.9. The Bertz CT molecular complexity index is 633. The average molecular weight is 288 g/mol. The Balaban J connectivity index is 2.14. The molecule has 2 N–H and O–H groups in total. The van der Waals surface area contributed by atoms with E-state index in [0.29, 0.717) is 11.5 Å². The average Bonchev–Trinajstić information content (AvgIpc) is 2.49. The molecule has 110 valence electrons. The standard InChI is InChI=1S/C15H17FN4O/c1-3-10(2)19-15(21)13-8-14(18-9-17-13)20-12-7-5-4-6-11(12)16/h4-10H,3H2,1-2H3,(H,19,21)(H,17,18,20). The van der Waals surface area contributed by atoms with Gasteiger partial charge in [-0.05, 0) is 25.5 Å². The van der Waals surface area contributed by atoms with E-state index in [9.17, 15) is 9.18 Å². The van der Waals surface area contributed by atoms with Crippen LogP contribution in [-0.4, -0.2) is 21.9 Å². The second-order valence-electron chi connectivity index (χ2n) is 4.68. The van der Waals surface area contributed by atoms with Crippen LogP contribution < -0.4 is 10.6 Å². The number of halogens is 1. The van der Waals surface area contributed by atoms with Crippen LogP contribution in [0.1, 0.15) is 30.8 Å². The highest BCUT2D eigenvalue weighted by Gasteiger charge is 2.11. The van der Waals surface area contributed by atoms with Crippen molar-refractivity contribution in [1.29, 1.82) is 0 Å². The number of rotatable bonds is 5. The van der Waals surface area contributed by atoms with E-state index < -0.39 is 0 Å². The van der Waals surface area contributed by atoms with E-state index in [-0.39, 0.29) is 23.5 Å². The van der Waals surface area contributed by atoms with Crippen LogP contribution in [0.2, 0.25) is 0 Å². The number of hydrogen-bond donors (Lipinski definition) is 2. The van der Waals surface area contributed by atoms with Gasteiger partial charge in [-0.15, -0.1) is 0 Å². The Labute approximate surface area is 122 Å². The van der Waals surface area contributed by atoms with E-state index in [4.69, 9.17) is 0 Å². The molecule has 0 aliphatic heterocycles. The summed E-state index contributed by atoms with van der Waals surface area (Å²) >= 11 is 0. The van der Waals surface area contributed by atoms with Gasteiger partial charge in [0, 0.05) is 12.1 Å². The number of carbonyl (C=O) groups excluding carboxylic acids is 1. The number of hydrogen-bond acceptors (Lipinski definition) is 4. The third-order valence-electron chi connectivity index (χ3n) is 3.03. The van der Waals surface area contributed by atoms with Crippen molar-refractivity contribution in [2.24, 2.45) is 0 Å². The smallest absolute Gasteiger partial charge is 0.270 e. The van der Waals surface area contributed by atoms with E-state index in [2.05, 4.69) is 20.6 Å². The molecule has 21 heavy (non-hydrogen) atoms. The van der Waals surface area contributed by atoms with Gasteiger partial charge in [0.15, 0.2) is 0 Å². The normalized spacial score (nSPS) is 11.8. The lowest BCUT2D eigenvalue weighted by atomic mass is 10.2. The molecule has 2 rings (SSSR count). The van der Waals surface area contributed by atoms with Gasteiger partial charge in [0.1, 0.15) is 23.7 Å². The lowest BCUT2D eigenvalue weighted by molar-refractivity contribution is 0.0934. The van der Waals surface area contributed by atoms with Crippen LogP contribution in [0.4, 0.5) is 15.9 Å². The van der Waals surface area contributed by atoms with Crippen molar-refractivity contribution in [3.05, 3.63) is 48.2 Å². The molecule has 0 aliphatic carbocycles. The fourth-order valence-corrected chi connectivity index (χ4v) is 1.65. The molecule has 0 radical (unpaired) electrons. The van der Waals surface area contributed by atoms with Crippen molar-refractivity contribution < 1.29 is 9.18 Å². The molecule has 0 saturated heterocycles. The van der Waals surface area contributed by atoms with Gasteiger partial charge in [-0.3, -0.25) is 4.79 Å². The zero-order valence-electron chi connectivity index (χ0n) is 11.9. The third-order valence-corrected chi connectivity index (χ3v) is 3.03. The Kier molecular flexibility index (Phi) is 4.81. The van der Waals surface area contributed by atoms with Crippen LogP contribution in [0.5, 0.6) is 0 Å². The van der Waals surface area contributed by atoms with Crippen molar-refractivity contribution >= 4 is 17.4 Å². The van der Waals surface area contributed by atoms with Gasteiger partial charge in [0.05, 0.1) is 5.69 Å². The van der Waals surface area contributed by atoms with Crippen molar-refractivity contribution in [3.8, 4) is 0 Å². The molecule has 1 heterocycles. The monoisotopic (exact) mass is 288 g/mol. The summed E-state index contributed by atoms with van der Waals surface area (Å²) in [7, 11) is 0. The van der Waals surface area contributed by atoms with Gasteiger partial charge in [-0.2, -0.15) is 0 Å². The molecular weight excluding hydrogens is 271 g/mol. The summed E-state index contributed by atoms with van der Waals surface area (Å²) in [4.78, 5) is 19.9. The van der Waals surface area contributed by atoms with Gasteiger partial charge in [-0.1, -0.05) is 19.1 Å². The van der Waals surface area contributed by atoms with Gasteiger partial charge < -0.3 is 10.6 Å². The Morgan fingerprint density at radius 3 is 2.81 bits per heavy atom. The molecular formula is C15H17FN4O. The van der Waals surface area contributed by atoms with Gasteiger partial charge in [0.2, 0.25) is 0 Å². The highest BCUT2D eigenvalue weighted by Crippen LogP contribution is 2.17. The molecule has 1 aromatic heterocycles. The summed E-state index contributed by atoms with van der Waals surface area (Å²) < 4.78 is 13.6. The largest absolute Gasteiger partial charge is 0.348 e. The first-order valence-electron chi connectivity index (χ1n) is 6.74. The maximum Gasteiger partial charge on any atom is 0.270 e. The second-order valence-corrected chi connectivity index (χ2v) is 4.68. The molecule has 1 aromatic carbocycles. The number of carbonyl (C=O) groups is 1. The maximum absolute atomic E-state index is 13.6. The van der Waals surface area contributed by atoms with E-state index in [1.807, 2.05) is 13.8 Å². The predicted molar refractivity (Wildman–Crippen MR) is 78.9 cm³/mol. The zero-order chi connectivity index (χ0) is 15.2. The fraction of sp³-hybridized carbons (Fsp3) is 0.267. The number of anilines is 2. The van der Waals surface area contributed by atoms with E-state index in [1.54, 1.807) is 18.2 Å². The minimum Gasteiger partial charge on any atom is -0.348 e. The number of aromatic nitrogens is 2. The summed E-state index contributed by atoms with van der Waals surface area (Å²) in [5.74, 6) is -0.297. The van der Waals surface area contributed by atoms with E-state index in [1.165, 1.54) is 18.5 Å². The highest BCUT2D eigenvalue weighted by molar-refractivity contribution is 5.93. The van der Waals surface area contributed by atoms with Crippen LogP contribution >= 0.6 is 0 Å². The van der Waals surface area contributed by atoms with Crippen molar-refractivity contribution in [2.75, 3.05) is 5.32 Å². The first-order valence-corrected chi connectivity index (χ1v) is 6.74. The summed E-state index contributed by atoms with van der Waals surface area (Å²) in [6, 6.07) is 7.81. The molecule has 0 bridgehead atoms. The van der Waals surface area contributed by atoms with Gasteiger partial charge >= 0.3 is 0 Å². The van der Waals surface area contributed by atoms with Crippen LogP contribution in [0.25, 0.3) is 0 Å². The van der Waals surface area contributed by atoms with Crippen molar-refractivity contribution in [3.63, 3.8) is 0 Å². The van der Waals surface area contributed by atoms with Crippen molar-refractivity contribution in [2.45, 2.75) is 26.3 Å². The van der Waals surface area contributed by atoms with Crippen molar-refractivity contribution in [1.82, 2.24) is 15.3 Å². The maximum atomic E-state index is 13.6. The Hall–Kier alpha value is -2.50. The quantitative estimate of drug-likeness (QED) is 0.887. The molecule has 2 aromatic rings. The van der Waals surface area contributed by atoms with Crippen LogP contribution in [0.3, 0.4) is 0 Å². The van der Waals surface area contributed by atoms with Crippen LogP contribution in [-0.2, 0) is 0 Å². The summed E-state index contributed by atoms with van der Waals surface area (Å²) in [5.41, 5.74) is 0.536. The molecule has 0 spiro atoms. The van der Waals surface area contributed by atoms with Gasteiger partial charge in [0.25, 0.3) is 5.91 Å². The molecule has 0 fully saturated rings. The highest BCUT2D eigenvalue weighted by atomic mass is 19.1. The third kappa shape index (κ3) is 3.98. The summed E-state index contributed by atoms with van der Waals surface area (Å²) in [6.45, 7) is 3.90. The number of amides is 1. The van der Waals surface area contributed by atoms with Crippen LogP contribution in [0, 0.1) is 5.82 Å². The Morgan fingerprint density at radius 1 is 1.33 bits per heavy atom. The lowest BCUT2D eigenvalue weighted by Crippen LogP contribution is -2.32. The zero-order valence-corrected chi connectivity index (χ0v) is 11.9. The number of benzene rings is 1. The molecule has 1 atom stereocenters. The molecule has 6 heteroatoms. The minimum atomic E-state index is -0.387. The number of para-hydroxylation sites is 1. The topological polar surface area (TPSA) is 66.9 Å². The molecule has 1 unspecified atom stereocenters. The molecule has 0 aliphatic rings. The fourth-order valence-electron chi connectivity index (χ4n) is 1.65. The number of nitrogens with one attached hydrogen (secondary N) is 2. The summed E-state index contributed by atoms with van der Waals surface area (Å²) in [6.07, 6.45) is 2.10. The Morgan fingerprint density at radius 2 is 2.10 bits per heavy atom. The van der Waals surface area contributed by atoms with E-state index >= 15 is 0 Å². The molecule has 5 nitrogen and oxygen atoms in total. The first-order chi connectivity index (χ1) is 10.1. The van der Waals surface area contributed by atoms with E-state index in [0.717, 1.165) is 6.42 Å². The summed E-state index contributed by atoms with van der Waals surface area (Å²) in [5, 5.41) is 5.65. The predicted octanol–water partition coefficient (Wildman–Crippen LogP) is 2.89. The van der Waals surface area contributed by atoms with Gasteiger partial charge in [-0.25, -0.2) is 14.4 Å². The van der Waals surface area contributed by atoms with Crippen LogP contribution in [0.15, 0.2) is 36.7 Å². The SMILES string of the molecule is CCC(C)NC(=O)c1cc(Nc2ccccc2F)ncn1. The molecule has 0 saturated carbocycles. The second kappa shape index (κ2) is 6.78. The number of nitrogens with zero attached hydrogens (tertiary/aromatic N) is 2. The minimum absolute atomic E-state index is 0.0652.